The van der Waals surface area contributed by atoms with E-state index in [0.717, 1.165) is 30.2 Å². The van der Waals surface area contributed by atoms with E-state index >= 15 is 0 Å². The normalized spacial score (nSPS) is 20.6. The monoisotopic (exact) mass is 428 g/mol. The Labute approximate surface area is 158 Å². The Kier molecular flexibility index (Phi) is 6.17. The van der Waals surface area contributed by atoms with Crippen LogP contribution in [0, 0.1) is 5.92 Å². The van der Waals surface area contributed by atoms with Crippen LogP contribution >= 0.6 is 15.9 Å². The summed E-state index contributed by atoms with van der Waals surface area (Å²) < 4.78 is 28.5. The Balaban J connectivity index is 1.54. The molecule has 5 nitrogen and oxygen atoms in total. The molecular weight excluding hydrogens is 404 g/mol. The lowest BCUT2D eigenvalue weighted by atomic mass is 9.87. The molecule has 1 aromatic rings. The lowest BCUT2D eigenvalue weighted by Gasteiger charge is -2.35. The number of piperidine rings is 1. The van der Waals surface area contributed by atoms with Gasteiger partial charge in [0.1, 0.15) is 0 Å². The van der Waals surface area contributed by atoms with Crippen molar-refractivity contribution in [1.82, 2.24) is 9.62 Å². The van der Waals surface area contributed by atoms with Gasteiger partial charge in [-0.1, -0.05) is 41.3 Å². The zero-order chi connectivity index (χ0) is 17.9. The number of nitrogens with one attached hydrogen (secondary N) is 1. The van der Waals surface area contributed by atoms with E-state index in [1.807, 2.05) is 4.90 Å². The molecule has 1 saturated heterocycles. The minimum atomic E-state index is -3.52. The summed E-state index contributed by atoms with van der Waals surface area (Å²) >= 11 is 3.30. The van der Waals surface area contributed by atoms with Gasteiger partial charge in [-0.05, 0) is 43.9 Å². The van der Waals surface area contributed by atoms with Gasteiger partial charge >= 0.3 is 0 Å². The topological polar surface area (TPSA) is 66.5 Å². The number of hydrogen-bond acceptors (Lipinski definition) is 3. The number of nitrogens with zero attached hydrogens (tertiary/aromatic N) is 1. The Morgan fingerprint density at radius 1 is 1.08 bits per heavy atom. The quantitative estimate of drug-likeness (QED) is 0.799. The Morgan fingerprint density at radius 2 is 1.76 bits per heavy atom. The van der Waals surface area contributed by atoms with Gasteiger partial charge < -0.3 is 4.90 Å². The van der Waals surface area contributed by atoms with Crippen LogP contribution in [0.2, 0.25) is 0 Å². The third kappa shape index (κ3) is 4.83. The molecule has 7 heteroatoms. The number of amides is 1. The summed E-state index contributed by atoms with van der Waals surface area (Å²) in [6, 6.07) is 6.59. The van der Waals surface area contributed by atoms with Crippen molar-refractivity contribution in [2.75, 3.05) is 13.1 Å². The Morgan fingerprint density at radius 3 is 2.40 bits per heavy atom. The summed E-state index contributed by atoms with van der Waals surface area (Å²) in [6.45, 7) is 1.28. The third-order valence-corrected chi connectivity index (χ3v) is 7.20. The first-order valence-electron chi connectivity index (χ1n) is 9.02. The zero-order valence-corrected chi connectivity index (χ0v) is 16.7. The summed E-state index contributed by atoms with van der Waals surface area (Å²) in [6.07, 6.45) is 6.90. The van der Waals surface area contributed by atoms with Crippen molar-refractivity contribution in [3.63, 3.8) is 0 Å². The van der Waals surface area contributed by atoms with Crippen LogP contribution in [0.4, 0.5) is 0 Å². The van der Waals surface area contributed by atoms with Crippen LogP contribution in [-0.2, 0) is 14.8 Å². The van der Waals surface area contributed by atoms with E-state index in [-0.39, 0.29) is 22.8 Å². The molecule has 3 rings (SSSR count). The molecule has 0 atom stereocenters. The zero-order valence-electron chi connectivity index (χ0n) is 14.3. The van der Waals surface area contributed by atoms with Gasteiger partial charge in [0.25, 0.3) is 0 Å². The SMILES string of the molecule is O=C(C1CCCCC1)N1CCC(NS(=O)(=O)c2cccc(Br)c2)CC1. The molecule has 25 heavy (non-hydrogen) atoms. The lowest BCUT2D eigenvalue weighted by molar-refractivity contribution is -0.137. The van der Waals surface area contributed by atoms with Crippen molar-refractivity contribution in [2.45, 2.75) is 55.9 Å². The van der Waals surface area contributed by atoms with Crippen molar-refractivity contribution in [1.29, 1.82) is 0 Å². The van der Waals surface area contributed by atoms with Crippen LogP contribution in [0.1, 0.15) is 44.9 Å². The fourth-order valence-corrected chi connectivity index (χ4v) is 5.65. The smallest absolute Gasteiger partial charge is 0.240 e. The summed E-state index contributed by atoms with van der Waals surface area (Å²) in [7, 11) is -3.52. The van der Waals surface area contributed by atoms with E-state index in [9.17, 15) is 13.2 Å². The average Bonchev–Trinajstić information content (AvgIpc) is 2.62. The molecule has 0 aromatic heterocycles. The standard InChI is InChI=1S/C18H25BrN2O3S/c19-15-7-4-8-17(13-15)25(23,24)20-16-9-11-21(12-10-16)18(22)14-5-2-1-3-6-14/h4,7-8,13-14,16,20H,1-3,5-6,9-12H2. The van der Waals surface area contributed by atoms with Gasteiger partial charge in [-0.3, -0.25) is 4.79 Å². The van der Waals surface area contributed by atoms with Crippen molar-refractivity contribution >= 4 is 31.9 Å². The molecular formula is C18H25BrN2O3S. The molecule has 0 spiro atoms. The highest BCUT2D eigenvalue weighted by atomic mass is 79.9. The second kappa shape index (κ2) is 8.18. The first-order valence-corrected chi connectivity index (χ1v) is 11.3. The molecule has 1 heterocycles. The number of hydrogen-bond donors (Lipinski definition) is 1. The molecule has 0 bridgehead atoms. The van der Waals surface area contributed by atoms with Crippen LogP contribution in [0.15, 0.2) is 33.6 Å². The fourth-order valence-electron chi connectivity index (χ4n) is 3.75. The molecule has 2 fully saturated rings. The molecule has 1 amide bonds. The van der Waals surface area contributed by atoms with E-state index in [1.54, 1.807) is 24.3 Å². The molecule has 1 aliphatic heterocycles. The summed E-state index contributed by atoms with van der Waals surface area (Å²) in [5.74, 6) is 0.455. The maximum atomic E-state index is 12.6. The summed E-state index contributed by atoms with van der Waals surface area (Å²) in [5.41, 5.74) is 0. The number of sulfonamides is 1. The minimum Gasteiger partial charge on any atom is -0.342 e. The van der Waals surface area contributed by atoms with Crippen LogP contribution in [-0.4, -0.2) is 38.4 Å². The fraction of sp³-hybridized carbons (Fsp3) is 0.611. The molecule has 2 aliphatic rings. The van der Waals surface area contributed by atoms with Crippen LogP contribution in [0.25, 0.3) is 0 Å². The molecule has 1 saturated carbocycles. The second-order valence-corrected chi connectivity index (χ2v) is 9.64. The number of halogens is 1. The van der Waals surface area contributed by atoms with E-state index in [2.05, 4.69) is 20.7 Å². The van der Waals surface area contributed by atoms with Gasteiger partial charge in [-0.15, -0.1) is 0 Å². The highest BCUT2D eigenvalue weighted by molar-refractivity contribution is 9.10. The first-order chi connectivity index (χ1) is 12.0. The molecule has 1 N–H and O–H groups in total. The number of carbonyl (C=O) groups excluding carboxylic acids is 1. The lowest BCUT2D eigenvalue weighted by Crippen LogP contribution is -2.48. The number of likely N-dealkylation sites (tertiary alicyclic amines) is 1. The Hall–Kier alpha value is -0.920. The van der Waals surface area contributed by atoms with Crippen LogP contribution in [0.5, 0.6) is 0 Å². The maximum absolute atomic E-state index is 12.6. The van der Waals surface area contributed by atoms with Gasteiger partial charge in [0.05, 0.1) is 4.90 Å². The minimum absolute atomic E-state index is 0.112. The number of benzene rings is 1. The van der Waals surface area contributed by atoms with Crippen molar-refractivity contribution in [3.05, 3.63) is 28.7 Å². The van der Waals surface area contributed by atoms with E-state index in [1.165, 1.54) is 6.42 Å². The van der Waals surface area contributed by atoms with Crippen molar-refractivity contribution in [3.8, 4) is 0 Å². The van der Waals surface area contributed by atoms with E-state index < -0.39 is 10.0 Å². The first kappa shape index (κ1) is 18.9. The maximum Gasteiger partial charge on any atom is 0.240 e. The highest BCUT2D eigenvalue weighted by Gasteiger charge is 2.30. The summed E-state index contributed by atoms with van der Waals surface area (Å²) in [5, 5.41) is 0. The highest BCUT2D eigenvalue weighted by Crippen LogP contribution is 2.27. The average molecular weight is 429 g/mol. The molecule has 1 aromatic carbocycles. The van der Waals surface area contributed by atoms with Crippen molar-refractivity contribution < 1.29 is 13.2 Å². The van der Waals surface area contributed by atoms with Gasteiger partial charge in [0, 0.05) is 29.5 Å². The van der Waals surface area contributed by atoms with Crippen LogP contribution in [0.3, 0.4) is 0 Å². The molecule has 0 unspecified atom stereocenters. The van der Waals surface area contributed by atoms with Gasteiger partial charge in [-0.2, -0.15) is 0 Å². The Bertz CT molecular complexity index is 709. The van der Waals surface area contributed by atoms with Gasteiger partial charge in [-0.25, -0.2) is 13.1 Å². The third-order valence-electron chi connectivity index (χ3n) is 5.19. The molecule has 1 aliphatic carbocycles. The molecule has 138 valence electrons. The van der Waals surface area contributed by atoms with Crippen LogP contribution < -0.4 is 4.72 Å². The van der Waals surface area contributed by atoms with E-state index in [0.29, 0.717) is 25.9 Å². The largest absolute Gasteiger partial charge is 0.342 e. The summed E-state index contributed by atoms with van der Waals surface area (Å²) in [4.78, 5) is 14.8. The van der Waals surface area contributed by atoms with Gasteiger partial charge in [0.2, 0.25) is 15.9 Å². The van der Waals surface area contributed by atoms with Crippen molar-refractivity contribution in [2.24, 2.45) is 5.92 Å². The van der Waals surface area contributed by atoms with Gasteiger partial charge in [0.15, 0.2) is 0 Å². The predicted molar refractivity (Wildman–Crippen MR) is 101 cm³/mol. The molecule has 0 radical (unpaired) electrons. The number of rotatable bonds is 4. The van der Waals surface area contributed by atoms with E-state index in [4.69, 9.17) is 0 Å². The second-order valence-electron chi connectivity index (χ2n) is 7.01. The number of carbonyl (C=O) groups is 1. The predicted octanol–water partition coefficient (Wildman–Crippen LogP) is 3.30.